The average molecular weight is 785 g/mol. The Kier molecular flexibility index (Phi) is 18.6. The van der Waals surface area contributed by atoms with E-state index in [1.165, 1.54) is 0 Å². The van der Waals surface area contributed by atoms with Gasteiger partial charge in [0.15, 0.2) is 26.7 Å². The fraction of sp³-hybridized carbons (Fsp3) is 1.00. The summed E-state index contributed by atoms with van der Waals surface area (Å²) in [6.07, 6.45) is 1.17. The number of halogens is 3. The lowest BCUT2D eigenvalue weighted by Crippen LogP contribution is -2.60. The van der Waals surface area contributed by atoms with E-state index in [-0.39, 0.29) is 13.2 Å². The van der Waals surface area contributed by atoms with Crippen molar-refractivity contribution >= 4 is 62.6 Å². The molecule has 0 aliphatic rings. The summed E-state index contributed by atoms with van der Waals surface area (Å²) in [5.74, 6) is 0. The molecule has 45 heavy (non-hydrogen) atoms. The second kappa shape index (κ2) is 18.4. The van der Waals surface area contributed by atoms with Gasteiger partial charge in [0.05, 0.1) is 26.4 Å². The lowest BCUT2D eigenvalue weighted by Gasteiger charge is -2.44. The molecule has 13 nitrogen and oxygen atoms in total. The Bertz CT molecular complexity index is 1090. The van der Waals surface area contributed by atoms with Crippen molar-refractivity contribution in [1.29, 1.82) is 0 Å². The van der Waals surface area contributed by atoms with Crippen LogP contribution < -0.4 is 0 Å². The van der Waals surface area contributed by atoms with Gasteiger partial charge in [0.1, 0.15) is 0 Å². The van der Waals surface area contributed by atoms with Crippen LogP contribution in [-0.2, 0) is 55.2 Å². The van der Waals surface area contributed by atoms with Crippen molar-refractivity contribution in [1.82, 2.24) is 0 Å². The van der Waals surface area contributed by atoms with E-state index in [9.17, 15) is 30.0 Å². The number of sulfonamides is 1. The van der Waals surface area contributed by atoms with Crippen LogP contribution in [0.5, 0.6) is 0 Å². The number of nitrogens with zero attached hydrogens (tertiary/aromatic N) is 1. The molecule has 0 aromatic carbocycles. The molecule has 0 radical (unpaired) electrons. The third-order valence-corrected chi connectivity index (χ3v) is 26.0. The molecule has 0 saturated carbocycles. The molecule has 0 aliphatic heterocycles. The van der Waals surface area contributed by atoms with Crippen LogP contribution in [0.15, 0.2) is 0 Å². The lowest BCUT2D eigenvalue weighted by atomic mass is 10.5. The van der Waals surface area contributed by atoms with Crippen molar-refractivity contribution in [3.05, 3.63) is 4.13 Å². The Morgan fingerprint density at radius 3 is 1.47 bits per heavy atom. The number of alkyl halides is 3. The summed E-state index contributed by atoms with van der Waals surface area (Å²) in [6, 6.07) is 1.17. The first-order valence-corrected chi connectivity index (χ1v) is 31.9. The molecule has 2 atom stereocenters. The van der Waals surface area contributed by atoms with E-state index in [0.717, 1.165) is 0 Å². The Morgan fingerprint density at radius 2 is 1.04 bits per heavy atom. The van der Waals surface area contributed by atoms with Gasteiger partial charge in [-0.2, -0.15) is 13.2 Å². The van der Waals surface area contributed by atoms with Gasteiger partial charge >= 0.3 is 31.2 Å². The number of rotatable bonds is 25. The molecule has 0 N–H and O–H groups in total. The van der Waals surface area contributed by atoms with Crippen LogP contribution in [0.4, 0.5) is 13.2 Å². The molecule has 0 saturated heterocycles. The van der Waals surface area contributed by atoms with E-state index in [4.69, 9.17) is 30.7 Å². The molecular weight excluding hydrogens is 732 g/mol. The van der Waals surface area contributed by atoms with Crippen LogP contribution in [0.3, 0.4) is 0 Å². The first-order valence-electron chi connectivity index (χ1n) is 14.4. The van der Waals surface area contributed by atoms with Crippen molar-refractivity contribution in [3.8, 4) is 0 Å². The van der Waals surface area contributed by atoms with Crippen molar-refractivity contribution in [2.45, 2.75) is 95.9 Å². The lowest BCUT2D eigenvalue weighted by molar-refractivity contribution is -0.0425. The van der Waals surface area contributed by atoms with E-state index in [2.05, 4.69) is 43.5 Å². The normalized spacial score (nSPS) is 16.8. The van der Waals surface area contributed by atoms with Gasteiger partial charge in [0.2, 0.25) is 10.3 Å². The first kappa shape index (κ1) is 45.4. The van der Waals surface area contributed by atoms with Gasteiger partial charge in [-0.3, -0.25) is 4.18 Å². The van der Waals surface area contributed by atoms with Crippen LogP contribution in [0, 0.1) is 0 Å². The highest BCUT2D eigenvalue weighted by atomic mass is 32.3. The Morgan fingerprint density at radius 1 is 0.600 bits per heavy atom. The van der Waals surface area contributed by atoms with E-state index in [0.29, 0.717) is 44.8 Å². The highest BCUT2D eigenvalue weighted by Gasteiger charge is 2.48. The summed E-state index contributed by atoms with van der Waals surface area (Å²) >= 11 is 0. The predicted octanol–water partition coefficient (Wildman–Crippen LogP) is 5.51. The minimum atomic E-state index is -6.26. The summed E-state index contributed by atoms with van der Waals surface area (Å²) in [5.41, 5.74) is -5.86. The van der Waals surface area contributed by atoms with Crippen molar-refractivity contribution in [2.75, 3.05) is 46.8 Å². The second-order valence-electron chi connectivity index (χ2n) is 13.0. The maximum Gasteiger partial charge on any atom is 0.480 e. The largest absolute Gasteiger partial charge is 0.480 e. The fourth-order valence-corrected chi connectivity index (χ4v) is 29.8. The highest BCUT2D eigenvalue weighted by molar-refractivity contribution is 8.10. The molecule has 23 heteroatoms. The molecule has 0 aromatic rings. The van der Waals surface area contributed by atoms with Gasteiger partial charge < -0.3 is 34.8 Å². The highest BCUT2D eigenvalue weighted by Crippen LogP contribution is 2.32. The summed E-state index contributed by atoms with van der Waals surface area (Å²) in [6.45, 7) is 21.2. The number of hydrogen-bond donors (Lipinski definition) is 0. The molecule has 0 rings (SSSR count). The zero-order chi connectivity index (χ0) is 35.4. The van der Waals surface area contributed by atoms with Gasteiger partial charge in [-0.1, -0.05) is 0 Å². The quantitative estimate of drug-likeness (QED) is 0.0846. The smallest absolute Gasteiger partial charge is 0.437 e. The van der Waals surface area contributed by atoms with Crippen LogP contribution in [0.25, 0.3) is 4.13 Å². The van der Waals surface area contributed by atoms with E-state index in [1.807, 2.05) is 30.3 Å². The molecule has 0 bridgehead atoms. The van der Waals surface area contributed by atoms with Crippen molar-refractivity contribution in [3.63, 3.8) is 0 Å². The van der Waals surface area contributed by atoms with Crippen molar-refractivity contribution in [2.24, 2.45) is 0 Å². The monoisotopic (exact) mass is 784 g/mol. The molecule has 0 aromatic heterocycles. The van der Waals surface area contributed by atoms with Crippen LogP contribution in [-0.4, -0.2) is 111 Å². The third kappa shape index (κ3) is 21.9. The molecule has 272 valence electrons. The maximum absolute atomic E-state index is 12.4. The zero-order valence-electron chi connectivity index (χ0n) is 28.4. The fourth-order valence-electron chi connectivity index (χ4n) is 4.35. The maximum atomic E-state index is 12.4. The molecule has 0 amide bonds. The average Bonchev–Trinajstić information content (AvgIpc) is 2.75. The summed E-state index contributed by atoms with van der Waals surface area (Å²) in [4.78, 5) is 0. The Labute approximate surface area is 273 Å². The summed E-state index contributed by atoms with van der Waals surface area (Å²) < 4.78 is 131. The third-order valence-electron chi connectivity index (χ3n) is 5.18. The molecule has 2 unspecified atom stereocenters. The molecule has 0 aliphatic carbocycles. The predicted molar refractivity (Wildman–Crippen MR) is 177 cm³/mol. The second-order valence-corrected chi connectivity index (χ2v) is 36.1. The topological polar surface area (TPSA) is 156 Å². The van der Waals surface area contributed by atoms with Gasteiger partial charge in [-0.25, -0.2) is 16.8 Å². The van der Waals surface area contributed by atoms with Gasteiger partial charge in [-0.05, 0) is 90.4 Å². The summed E-state index contributed by atoms with van der Waals surface area (Å²) in [5, 5.41) is 0. The van der Waals surface area contributed by atoms with Crippen LogP contribution in [0.2, 0.25) is 77.6 Å². The van der Waals surface area contributed by atoms with E-state index >= 15 is 0 Å². The van der Waals surface area contributed by atoms with Gasteiger partial charge in [0.25, 0.3) is 0 Å². The van der Waals surface area contributed by atoms with Crippen LogP contribution in [0.1, 0.15) is 12.8 Å². The Hall–Kier alpha value is 0.414. The number of methoxy groups -OCH3 is 1. The van der Waals surface area contributed by atoms with E-state index in [1.54, 1.807) is 7.11 Å². The molecule has 0 heterocycles. The summed E-state index contributed by atoms with van der Waals surface area (Å²) in [7, 11) is -22.3. The van der Waals surface area contributed by atoms with Gasteiger partial charge in [0, 0.05) is 20.3 Å². The first-order chi connectivity index (χ1) is 20.1. The molecule has 0 spiro atoms. The minimum Gasteiger partial charge on any atom is -0.437 e. The zero-order valence-corrected chi connectivity index (χ0v) is 35.0. The standard InChI is InChI=1S/C22H53F3NO12S2Si5/c1-31-16-17-32-14-13-21-45(11,37-43(8,9)35-41(2,3)4)38-44(10,36-42(5,6)7)20-12-15-33-18-19-34-40(29,30)26-39(27,28)22(23,24)25/h12-21H2,1-11H3/q-1. The van der Waals surface area contributed by atoms with Gasteiger partial charge in [-0.15, -0.1) is 0 Å². The van der Waals surface area contributed by atoms with Crippen molar-refractivity contribution < 1.29 is 64.9 Å². The molecule has 0 fully saturated rings. The molecular formula is C22H53F3NO12S2Si5-. The van der Waals surface area contributed by atoms with Crippen LogP contribution >= 0.6 is 0 Å². The number of ether oxygens (including phenoxy) is 3. The SMILES string of the molecule is COCCOCCC[Si](C)(O[Si](C)(C)O[Si](C)(C)C)O[Si](C)(CCCOCCOS(=O)(=O)[N-]S(=O)(=O)C(F)(F)F)O[Si](C)(C)C. The number of hydrogen-bond acceptors (Lipinski definition) is 12. The Balaban J connectivity index is 5.44. The van der Waals surface area contributed by atoms with E-state index < -0.39 is 74.8 Å². The minimum absolute atomic E-state index is 0.133.